The first-order valence-electron chi connectivity index (χ1n) is 12.4. The normalized spacial score (nSPS) is 15.4. The fourth-order valence-corrected chi connectivity index (χ4v) is 4.26. The molecule has 7 nitrogen and oxygen atoms in total. The third kappa shape index (κ3) is 6.69. The van der Waals surface area contributed by atoms with Gasteiger partial charge in [0.05, 0.1) is 12.6 Å². The van der Waals surface area contributed by atoms with Crippen molar-refractivity contribution < 1.29 is 14.1 Å². The molecule has 1 fully saturated rings. The second-order valence-electron chi connectivity index (χ2n) is 10.6. The van der Waals surface area contributed by atoms with Crippen LogP contribution in [-0.2, 0) is 16.8 Å². The molecular weight excluding hydrogens is 440 g/mol. The Morgan fingerprint density at radius 1 is 1.14 bits per heavy atom. The van der Waals surface area contributed by atoms with Gasteiger partial charge >= 0.3 is 0 Å². The number of carbonyl (C=O) groups excluding carboxylic acids is 1. The lowest BCUT2D eigenvalue weighted by Crippen LogP contribution is -2.37. The van der Waals surface area contributed by atoms with Gasteiger partial charge in [-0.1, -0.05) is 56.3 Å². The monoisotopic (exact) mass is 476 g/mol. The Morgan fingerprint density at radius 2 is 1.86 bits per heavy atom. The van der Waals surface area contributed by atoms with E-state index in [1.807, 2.05) is 50.2 Å². The van der Waals surface area contributed by atoms with Gasteiger partial charge in [-0.2, -0.15) is 4.98 Å². The summed E-state index contributed by atoms with van der Waals surface area (Å²) in [5.41, 5.74) is 3.10. The number of anilines is 1. The number of aromatic nitrogens is 2. The predicted molar refractivity (Wildman–Crippen MR) is 137 cm³/mol. The molecule has 1 aliphatic heterocycles. The van der Waals surface area contributed by atoms with Crippen molar-refractivity contribution in [1.29, 1.82) is 0 Å². The smallest absolute Gasteiger partial charge is 0.241 e. The predicted octanol–water partition coefficient (Wildman–Crippen LogP) is 5.67. The first-order chi connectivity index (χ1) is 16.7. The molecule has 1 amide bonds. The van der Waals surface area contributed by atoms with Crippen molar-refractivity contribution >= 4 is 11.6 Å². The summed E-state index contributed by atoms with van der Waals surface area (Å²) in [6, 6.07) is 15.9. The quantitative estimate of drug-likeness (QED) is 0.473. The second kappa shape index (κ2) is 10.6. The van der Waals surface area contributed by atoms with Crippen LogP contribution in [0.15, 0.2) is 53.1 Å². The number of benzene rings is 2. The number of nitrogens with one attached hydrogen (secondary N) is 1. The Labute approximate surface area is 207 Å². The van der Waals surface area contributed by atoms with E-state index in [9.17, 15) is 4.79 Å². The molecule has 3 aromatic rings. The summed E-state index contributed by atoms with van der Waals surface area (Å²) in [7, 11) is 0. The Kier molecular flexibility index (Phi) is 7.55. The molecule has 4 rings (SSSR count). The van der Waals surface area contributed by atoms with Crippen molar-refractivity contribution in [2.45, 2.75) is 65.5 Å². The number of ether oxygens (including phenoxy) is 1. The van der Waals surface area contributed by atoms with Gasteiger partial charge in [-0.25, -0.2) is 0 Å². The van der Waals surface area contributed by atoms with Crippen LogP contribution >= 0.6 is 0 Å². The van der Waals surface area contributed by atoms with Crippen LogP contribution in [0, 0.1) is 5.92 Å². The fraction of sp³-hybridized carbons (Fsp3) is 0.464. The van der Waals surface area contributed by atoms with Gasteiger partial charge < -0.3 is 14.6 Å². The van der Waals surface area contributed by atoms with Crippen molar-refractivity contribution in [3.63, 3.8) is 0 Å². The summed E-state index contributed by atoms with van der Waals surface area (Å²) < 4.78 is 11.2. The van der Waals surface area contributed by atoms with Crippen molar-refractivity contribution in [2.24, 2.45) is 5.92 Å². The lowest BCUT2D eigenvalue weighted by Gasteiger charge is -2.30. The molecule has 1 aliphatic rings. The van der Waals surface area contributed by atoms with E-state index in [4.69, 9.17) is 9.26 Å². The molecule has 186 valence electrons. The van der Waals surface area contributed by atoms with E-state index in [2.05, 4.69) is 53.3 Å². The highest BCUT2D eigenvalue weighted by Crippen LogP contribution is 2.26. The number of rotatable bonds is 7. The maximum Gasteiger partial charge on any atom is 0.241 e. The minimum absolute atomic E-state index is 0.0134. The van der Waals surface area contributed by atoms with E-state index in [0.717, 1.165) is 42.9 Å². The molecule has 0 aliphatic carbocycles. The average molecular weight is 477 g/mol. The highest BCUT2D eigenvalue weighted by Gasteiger charge is 2.26. The zero-order valence-corrected chi connectivity index (χ0v) is 21.4. The van der Waals surface area contributed by atoms with Crippen molar-refractivity contribution in [1.82, 2.24) is 15.0 Å². The number of carbonyl (C=O) groups is 1. The zero-order chi connectivity index (χ0) is 25.0. The third-order valence-corrected chi connectivity index (χ3v) is 6.27. The van der Waals surface area contributed by atoms with E-state index in [1.54, 1.807) is 0 Å². The topological polar surface area (TPSA) is 80.5 Å². The fourth-order valence-electron chi connectivity index (χ4n) is 4.26. The zero-order valence-electron chi connectivity index (χ0n) is 21.4. The molecular formula is C28H36N4O3. The number of hydrogen-bond donors (Lipinski definition) is 1. The van der Waals surface area contributed by atoms with Crippen molar-refractivity contribution in [2.75, 3.05) is 18.4 Å². The summed E-state index contributed by atoms with van der Waals surface area (Å²) in [6.07, 6.45) is 1.68. The molecule has 1 saturated heterocycles. The highest BCUT2D eigenvalue weighted by molar-refractivity contribution is 5.92. The Bertz CT molecular complexity index is 1120. The third-order valence-electron chi connectivity index (χ3n) is 6.27. The van der Waals surface area contributed by atoms with Gasteiger partial charge in [0.25, 0.3) is 0 Å². The maximum absolute atomic E-state index is 12.8. The van der Waals surface area contributed by atoms with Crippen LogP contribution in [0.4, 0.5) is 5.69 Å². The van der Waals surface area contributed by atoms with Gasteiger partial charge in [0.2, 0.25) is 17.6 Å². The molecule has 0 unspecified atom stereocenters. The van der Waals surface area contributed by atoms with E-state index in [0.29, 0.717) is 18.3 Å². The molecule has 35 heavy (non-hydrogen) atoms. The highest BCUT2D eigenvalue weighted by atomic mass is 16.5. The SMILES string of the molecule is CC(C)Oc1cccc(NC(=O)C2CCN(Cc3nc(-c4ccc(C(C)(C)C)cc4)no3)CC2)c1. The van der Waals surface area contributed by atoms with Crippen LogP contribution in [-0.4, -0.2) is 40.1 Å². The second-order valence-corrected chi connectivity index (χ2v) is 10.6. The van der Waals surface area contributed by atoms with Crippen LogP contribution in [0.3, 0.4) is 0 Å². The summed E-state index contributed by atoms with van der Waals surface area (Å²) in [4.78, 5) is 19.7. The number of hydrogen-bond acceptors (Lipinski definition) is 6. The largest absolute Gasteiger partial charge is 0.491 e. The van der Waals surface area contributed by atoms with Gasteiger partial charge in [0.15, 0.2) is 0 Å². The first kappa shape index (κ1) is 24.9. The van der Waals surface area contributed by atoms with E-state index < -0.39 is 0 Å². The number of piperidine rings is 1. The molecule has 0 atom stereocenters. The molecule has 2 aromatic carbocycles. The van der Waals surface area contributed by atoms with Crippen LogP contribution in [0.2, 0.25) is 0 Å². The van der Waals surface area contributed by atoms with Crippen LogP contribution in [0.5, 0.6) is 5.75 Å². The summed E-state index contributed by atoms with van der Waals surface area (Å²) in [5.74, 6) is 2.02. The lowest BCUT2D eigenvalue weighted by atomic mass is 9.87. The first-order valence-corrected chi connectivity index (χ1v) is 12.4. The van der Waals surface area contributed by atoms with Crippen molar-refractivity contribution in [3.05, 3.63) is 60.0 Å². The average Bonchev–Trinajstić information content (AvgIpc) is 3.27. The van der Waals surface area contributed by atoms with Gasteiger partial charge in [-0.05, 0) is 62.9 Å². The standard InChI is InChI=1S/C28H36N4O3/c1-19(2)34-24-8-6-7-23(17-24)29-27(33)21-13-15-32(16-14-21)18-25-30-26(31-35-25)20-9-11-22(12-10-20)28(3,4)5/h6-12,17,19,21H,13-16,18H2,1-5H3,(H,29,33). The lowest BCUT2D eigenvalue weighted by molar-refractivity contribution is -0.121. The summed E-state index contributed by atoms with van der Waals surface area (Å²) in [5, 5.41) is 7.22. The number of nitrogens with zero attached hydrogens (tertiary/aromatic N) is 3. The number of amides is 1. The van der Waals surface area contributed by atoms with Gasteiger partial charge in [0.1, 0.15) is 5.75 Å². The summed E-state index contributed by atoms with van der Waals surface area (Å²) >= 11 is 0. The summed E-state index contributed by atoms with van der Waals surface area (Å²) in [6.45, 7) is 12.8. The van der Waals surface area contributed by atoms with Gasteiger partial charge in [-0.15, -0.1) is 0 Å². The minimum Gasteiger partial charge on any atom is -0.491 e. The van der Waals surface area contributed by atoms with E-state index in [-0.39, 0.29) is 23.3 Å². The Hall–Kier alpha value is -3.19. The minimum atomic E-state index is -0.0134. The van der Waals surface area contributed by atoms with Crippen LogP contribution < -0.4 is 10.1 Å². The van der Waals surface area contributed by atoms with E-state index in [1.165, 1.54) is 5.56 Å². The van der Waals surface area contributed by atoms with Crippen LogP contribution in [0.1, 0.15) is 58.9 Å². The molecule has 7 heteroatoms. The molecule has 0 saturated carbocycles. The van der Waals surface area contributed by atoms with Crippen molar-refractivity contribution in [3.8, 4) is 17.1 Å². The molecule has 0 spiro atoms. The Balaban J connectivity index is 1.27. The molecule has 1 N–H and O–H groups in total. The Morgan fingerprint density at radius 3 is 2.51 bits per heavy atom. The van der Waals surface area contributed by atoms with Gasteiger partial charge in [-0.3, -0.25) is 9.69 Å². The van der Waals surface area contributed by atoms with Crippen LogP contribution in [0.25, 0.3) is 11.4 Å². The number of likely N-dealkylation sites (tertiary alicyclic amines) is 1. The maximum atomic E-state index is 12.8. The molecule has 2 heterocycles. The molecule has 1 aromatic heterocycles. The molecule has 0 radical (unpaired) electrons. The van der Waals surface area contributed by atoms with Gasteiger partial charge in [0, 0.05) is 23.2 Å². The molecule has 0 bridgehead atoms. The van der Waals surface area contributed by atoms with E-state index >= 15 is 0 Å².